The van der Waals surface area contributed by atoms with Crippen LogP contribution >= 0.6 is 0 Å². The molecule has 2 aromatic rings. The molecule has 2 aromatic carbocycles. The number of benzene rings is 2. The number of hydrogen-bond donors (Lipinski definition) is 1. The van der Waals surface area contributed by atoms with Gasteiger partial charge in [0.1, 0.15) is 5.75 Å². The smallest absolute Gasteiger partial charge is 0.256 e. The maximum absolute atomic E-state index is 12.9. The van der Waals surface area contributed by atoms with Gasteiger partial charge in [0, 0.05) is 37.4 Å². The van der Waals surface area contributed by atoms with Crippen molar-refractivity contribution < 1.29 is 23.8 Å². The minimum Gasteiger partial charge on any atom is -0.493 e. The molecular formula is C25H27N3O5. The average Bonchev–Trinajstić information content (AvgIpc) is 3.46. The SMILES string of the molecule is COc1cc2c(cc1OCCCC(=O)Nc1ccc3c(c1)CCO3)N=C[C@@H]1CCCN1C2=O. The van der Waals surface area contributed by atoms with Crippen LogP contribution in [0.3, 0.4) is 0 Å². The molecule has 0 bridgehead atoms. The van der Waals surface area contributed by atoms with E-state index in [4.69, 9.17) is 14.2 Å². The van der Waals surface area contributed by atoms with Crippen LogP contribution in [0.25, 0.3) is 0 Å². The van der Waals surface area contributed by atoms with Crippen molar-refractivity contribution in [3.8, 4) is 17.2 Å². The summed E-state index contributed by atoms with van der Waals surface area (Å²) in [6.45, 7) is 1.78. The highest BCUT2D eigenvalue weighted by Gasteiger charge is 2.32. The molecule has 1 saturated heterocycles. The number of nitrogens with one attached hydrogen (secondary N) is 1. The third kappa shape index (κ3) is 4.37. The van der Waals surface area contributed by atoms with Gasteiger partial charge in [0.15, 0.2) is 11.5 Å². The number of carbonyl (C=O) groups is 2. The van der Waals surface area contributed by atoms with Crippen LogP contribution in [0.15, 0.2) is 35.3 Å². The van der Waals surface area contributed by atoms with E-state index in [1.165, 1.54) is 0 Å². The third-order valence-corrected chi connectivity index (χ3v) is 6.24. The topological polar surface area (TPSA) is 89.5 Å². The van der Waals surface area contributed by atoms with Gasteiger partial charge in [0.05, 0.1) is 37.6 Å². The van der Waals surface area contributed by atoms with E-state index in [0.717, 1.165) is 42.8 Å². The van der Waals surface area contributed by atoms with Gasteiger partial charge in [-0.1, -0.05) is 0 Å². The van der Waals surface area contributed by atoms with Crippen molar-refractivity contribution in [2.75, 3.05) is 32.2 Å². The molecule has 1 N–H and O–H groups in total. The lowest BCUT2D eigenvalue weighted by Gasteiger charge is -2.20. The predicted molar refractivity (Wildman–Crippen MR) is 124 cm³/mol. The highest BCUT2D eigenvalue weighted by molar-refractivity contribution is 6.03. The molecule has 1 atom stereocenters. The maximum Gasteiger partial charge on any atom is 0.256 e. The Labute approximate surface area is 192 Å². The lowest BCUT2D eigenvalue weighted by molar-refractivity contribution is -0.116. The summed E-state index contributed by atoms with van der Waals surface area (Å²) in [7, 11) is 1.55. The van der Waals surface area contributed by atoms with Crippen LogP contribution < -0.4 is 19.5 Å². The van der Waals surface area contributed by atoms with E-state index in [-0.39, 0.29) is 17.9 Å². The lowest BCUT2D eigenvalue weighted by Crippen LogP contribution is -2.35. The summed E-state index contributed by atoms with van der Waals surface area (Å²) in [5.41, 5.74) is 3.01. The average molecular weight is 450 g/mol. The first-order valence-corrected chi connectivity index (χ1v) is 11.4. The van der Waals surface area contributed by atoms with E-state index >= 15 is 0 Å². The van der Waals surface area contributed by atoms with Crippen LogP contribution in [0.1, 0.15) is 41.6 Å². The number of ether oxygens (including phenoxy) is 3. The lowest BCUT2D eigenvalue weighted by atomic mass is 10.1. The summed E-state index contributed by atoms with van der Waals surface area (Å²) < 4.78 is 16.9. The molecule has 33 heavy (non-hydrogen) atoms. The fraction of sp³-hybridized carbons (Fsp3) is 0.400. The number of anilines is 1. The van der Waals surface area contributed by atoms with Gasteiger partial charge in [-0.25, -0.2) is 0 Å². The van der Waals surface area contributed by atoms with E-state index in [0.29, 0.717) is 48.8 Å². The largest absolute Gasteiger partial charge is 0.493 e. The second kappa shape index (κ2) is 9.13. The number of rotatable bonds is 7. The van der Waals surface area contributed by atoms with Gasteiger partial charge in [-0.05, 0) is 49.1 Å². The molecule has 3 aliphatic heterocycles. The van der Waals surface area contributed by atoms with E-state index in [1.54, 1.807) is 19.2 Å². The van der Waals surface area contributed by atoms with Gasteiger partial charge in [0.25, 0.3) is 5.91 Å². The van der Waals surface area contributed by atoms with Crippen molar-refractivity contribution in [1.29, 1.82) is 0 Å². The highest BCUT2D eigenvalue weighted by atomic mass is 16.5. The Kier molecular flexibility index (Phi) is 5.90. The molecule has 5 rings (SSSR count). The van der Waals surface area contributed by atoms with Gasteiger partial charge in [-0.15, -0.1) is 0 Å². The maximum atomic E-state index is 12.9. The van der Waals surface area contributed by atoms with Crippen molar-refractivity contribution >= 4 is 29.4 Å². The molecule has 1 fully saturated rings. The Morgan fingerprint density at radius 2 is 2.18 bits per heavy atom. The van der Waals surface area contributed by atoms with Crippen molar-refractivity contribution in [3.63, 3.8) is 0 Å². The Morgan fingerprint density at radius 1 is 1.27 bits per heavy atom. The zero-order valence-corrected chi connectivity index (χ0v) is 18.6. The molecule has 172 valence electrons. The molecule has 0 aliphatic carbocycles. The van der Waals surface area contributed by atoms with Gasteiger partial charge in [-0.2, -0.15) is 0 Å². The molecule has 0 saturated carbocycles. The van der Waals surface area contributed by atoms with Crippen LogP contribution in [-0.2, 0) is 11.2 Å². The Hall–Kier alpha value is -3.55. The fourth-order valence-corrected chi connectivity index (χ4v) is 4.52. The summed E-state index contributed by atoms with van der Waals surface area (Å²) in [6.07, 6.45) is 5.51. The summed E-state index contributed by atoms with van der Waals surface area (Å²) in [5.74, 6) is 1.80. The molecular weight excluding hydrogens is 422 g/mol. The molecule has 0 spiro atoms. The monoisotopic (exact) mass is 449 g/mol. The number of aliphatic imine (C=N–C) groups is 1. The van der Waals surface area contributed by atoms with E-state index in [2.05, 4.69) is 10.3 Å². The first kappa shape index (κ1) is 21.3. The van der Waals surface area contributed by atoms with Crippen molar-refractivity contribution in [2.45, 2.75) is 38.1 Å². The summed E-state index contributed by atoms with van der Waals surface area (Å²) in [4.78, 5) is 31.7. The normalized spacial score (nSPS) is 18.2. The highest BCUT2D eigenvalue weighted by Crippen LogP contribution is 2.38. The third-order valence-electron chi connectivity index (χ3n) is 6.24. The molecule has 3 heterocycles. The first-order chi connectivity index (χ1) is 16.1. The fourth-order valence-electron chi connectivity index (χ4n) is 4.52. The molecule has 8 nitrogen and oxygen atoms in total. The molecule has 0 aromatic heterocycles. The van der Waals surface area contributed by atoms with Crippen LogP contribution in [-0.4, -0.2) is 55.8 Å². The van der Waals surface area contributed by atoms with E-state index < -0.39 is 0 Å². The number of hydrogen-bond acceptors (Lipinski definition) is 6. The number of amides is 2. The second-order valence-corrected chi connectivity index (χ2v) is 8.43. The van der Waals surface area contributed by atoms with Crippen LogP contribution in [0, 0.1) is 0 Å². The Bertz CT molecular complexity index is 1110. The van der Waals surface area contributed by atoms with E-state index in [1.807, 2.05) is 29.3 Å². The standard InChI is InChI=1S/C25H27N3O5/c1-31-22-13-19-20(26-15-18-4-2-9-28(18)25(19)30)14-23(22)32-10-3-5-24(29)27-17-6-7-21-16(12-17)8-11-33-21/h6-7,12-15,18H,2-5,8-11H2,1H3,(H,27,29)/t18-/m0/s1. The van der Waals surface area contributed by atoms with Crippen LogP contribution in [0.5, 0.6) is 17.2 Å². The second-order valence-electron chi connectivity index (χ2n) is 8.43. The van der Waals surface area contributed by atoms with Crippen molar-refractivity contribution in [1.82, 2.24) is 4.90 Å². The first-order valence-electron chi connectivity index (χ1n) is 11.4. The van der Waals surface area contributed by atoms with Crippen LogP contribution in [0.4, 0.5) is 11.4 Å². The zero-order valence-electron chi connectivity index (χ0n) is 18.6. The minimum absolute atomic E-state index is 0.0235. The minimum atomic E-state index is -0.0675. The van der Waals surface area contributed by atoms with Gasteiger partial charge in [-0.3, -0.25) is 14.6 Å². The summed E-state index contributed by atoms with van der Waals surface area (Å²) >= 11 is 0. The summed E-state index contributed by atoms with van der Waals surface area (Å²) in [5, 5.41) is 2.93. The number of carbonyl (C=O) groups excluding carboxylic acids is 2. The predicted octanol–water partition coefficient (Wildman–Crippen LogP) is 3.75. The van der Waals surface area contributed by atoms with Gasteiger partial charge >= 0.3 is 0 Å². The van der Waals surface area contributed by atoms with Crippen molar-refractivity contribution in [3.05, 3.63) is 41.5 Å². The quantitative estimate of drug-likeness (QED) is 0.651. The molecule has 0 radical (unpaired) electrons. The number of nitrogens with zero attached hydrogens (tertiary/aromatic N) is 2. The van der Waals surface area contributed by atoms with Crippen LogP contribution in [0.2, 0.25) is 0 Å². The molecule has 0 unspecified atom stereocenters. The molecule has 8 heteroatoms. The summed E-state index contributed by atoms with van der Waals surface area (Å²) in [6, 6.07) is 9.21. The van der Waals surface area contributed by atoms with E-state index in [9.17, 15) is 9.59 Å². The van der Waals surface area contributed by atoms with Gasteiger partial charge in [0.2, 0.25) is 5.91 Å². The van der Waals surface area contributed by atoms with Crippen molar-refractivity contribution in [2.24, 2.45) is 4.99 Å². The zero-order chi connectivity index (χ0) is 22.8. The Morgan fingerprint density at radius 3 is 3.06 bits per heavy atom. The number of methoxy groups -OCH3 is 1. The number of fused-ring (bicyclic) bond motifs is 3. The molecule has 3 aliphatic rings. The molecule has 2 amide bonds. The Balaban J connectivity index is 1.18. The van der Waals surface area contributed by atoms with Gasteiger partial charge < -0.3 is 24.4 Å².